The predicted octanol–water partition coefficient (Wildman–Crippen LogP) is -20.7. The van der Waals surface area contributed by atoms with Crippen LogP contribution in [-0.2, 0) is 19.2 Å². The molecule has 0 aliphatic carbocycles. The fourth-order valence-corrected chi connectivity index (χ4v) is 1.86. The van der Waals surface area contributed by atoms with Crippen LogP contribution in [0.3, 0.4) is 0 Å². The van der Waals surface area contributed by atoms with E-state index in [1.165, 1.54) is 0 Å². The van der Waals surface area contributed by atoms with Gasteiger partial charge in [-0.05, 0) is 0 Å². The summed E-state index contributed by atoms with van der Waals surface area (Å²) in [5.74, 6) is -7.33. The molecule has 0 aromatic carbocycles. The SMILES string of the molecule is NC(CC(=O)[O-])(CC(=O)[O-])C(N)(CC(=O)[O-])CC(=O)[O-].O.O.[Na+].[Na+].[Na+].[Na+]. The Morgan fingerprint density at radius 3 is 0.731 bits per heavy atom. The molecule has 0 rings (SSSR count). The first-order valence-electron chi connectivity index (χ1n) is 5.29. The molecule has 0 radical (unpaired) electrons. The number of carboxylic acids is 4. The number of carbonyl (C=O) groups is 4. The van der Waals surface area contributed by atoms with E-state index >= 15 is 0 Å². The second kappa shape index (κ2) is 20.0. The van der Waals surface area contributed by atoms with Crippen molar-refractivity contribution >= 4 is 23.9 Å². The van der Waals surface area contributed by atoms with Crippen LogP contribution < -0.4 is 150 Å². The molecular formula is C10H16N2Na4O10. The minimum Gasteiger partial charge on any atom is -0.550 e. The van der Waals surface area contributed by atoms with Gasteiger partial charge in [-0.3, -0.25) is 0 Å². The summed E-state index contributed by atoms with van der Waals surface area (Å²) in [4.78, 5) is 42.5. The Bertz CT molecular complexity index is 380. The summed E-state index contributed by atoms with van der Waals surface area (Å²) in [6.07, 6.45) is -4.73. The predicted molar refractivity (Wildman–Crippen MR) is 59.6 cm³/mol. The second-order valence-corrected chi connectivity index (χ2v) is 4.51. The summed E-state index contributed by atoms with van der Waals surface area (Å²) in [6, 6.07) is 0. The molecule has 16 heteroatoms. The van der Waals surface area contributed by atoms with E-state index in [4.69, 9.17) is 11.5 Å². The largest absolute Gasteiger partial charge is 1.00 e. The third-order valence-electron chi connectivity index (χ3n) is 2.83. The van der Waals surface area contributed by atoms with Gasteiger partial charge in [-0.15, -0.1) is 0 Å². The van der Waals surface area contributed by atoms with Crippen LogP contribution in [0.4, 0.5) is 0 Å². The third-order valence-corrected chi connectivity index (χ3v) is 2.83. The molecule has 26 heavy (non-hydrogen) atoms. The summed E-state index contributed by atoms with van der Waals surface area (Å²) < 4.78 is 0. The Kier molecular flexibility index (Phi) is 35.5. The van der Waals surface area contributed by atoms with Crippen LogP contribution in [0.1, 0.15) is 25.7 Å². The van der Waals surface area contributed by atoms with Crippen molar-refractivity contribution in [1.82, 2.24) is 0 Å². The first-order chi connectivity index (χ1) is 8.92. The van der Waals surface area contributed by atoms with Gasteiger partial charge in [0.15, 0.2) is 0 Å². The van der Waals surface area contributed by atoms with Crippen LogP contribution in [0, 0.1) is 0 Å². The minimum absolute atomic E-state index is 0. The van der Waals surface area contributed by atoms with E-state index in [0.29, 0.717) is 0 Å². The van der Waals surface area contributed by atoms with E-state index in [1.807, 2.05) is 0 Å². The van der Waals surface area contributed by atoms with Crippen molar-refractivity contribution in [2.75, 3.05) is 0 Å². The van der Waals surface area contributed by atoms with Crippen molar-refractivity contribution in [3.8, 4) is 0 Å². The molecule has 0 bridgehead atoms. The van der Waals surface area contributed by atoms with Crippen LogP contribution in [0.5, 0.6) is 0 Å². The summed E-state index contributed by atoms with van der Waals surface area (Å²) in [6.45, 7) is 0. The second-order valence-electron chi connectivity index (χ2n) is 4.51. The monoisotopic (exact) mass is 416 g/mol. The van der Waals surface area contributed by atoms with Crippen molar-refractivity contribution < 1.29 is 169 Å². The summed E-state index contributed by atoms with van der Waals surface area (Å²) in [5, 5.41) is 42.5. The topological polar surface area (TPSA) is 276 Å². The van der Waals surface area contributed by atoms with Gasteiger partial charge in [0.2, 0.25) is 0 Å². The number of rotatable bonds is 9. The Balaban J connectivity index is -0.000000120. The standard InChI is InChI=1S/C10H16N2O8.4Na.2H2O/c11-9(1-5(13)14,2-6(15)16)10(12,3-7(17)18)4-8(19)20;;;;;;/h1-4,11-12H2,(H,13,14)(H,15,16)(H,17,18)(H,19,20);;;;;2*1H2/q;4*+1;;/p-4. The van der Waals surface area contributed by atoms with Gasteiger partial charge < -0.3 is 62.0 Å². The molecule has 0 spiro atoms. The Labute approximate surface area is 237 Å². The zero-order chi connectivity index (χ0) is 16.1. The fourth-order valence-electron chi connectivity index (χ4n) is 1.86. The van der Waals surface area contributed by atoms with E-state index in [1.54, 1.807) is 0 Å². The molecule has 0 fully saturated rings. The van der Waals surface area contributed by atoms with E-state index in [0.717, 1.165) is 0 Å². The Hall–Kier alpha value is 1.72. The summed E-state index contributed by atoms with van der Waals surface area (Å²) >= 11 is 0. The third kappa shape index (κ3) is 16.7. The van der Waals surface area contributed by atoms with Crippen molar-refractivity contribution in [3.63, 3.8) is 0 Å². The van der Waals surface area contributed by atoms with Gasteiger partial charge >= 0.3 is 118 Å². The maximum Gasteiger partial charge on any atom is 1.00 e. The molecule has 0 aliphatic rings. The van der Waals surface area contributed by atoms with Crippen molar-refractivity contribution in [2.45, 2.75) is 36.8 Å². The molecule has 0 heterocycles. The molecule has 0 aromatic heterocycles. The van der Waals surface area contributed by atoms with Crippen LogP contribution in [0.15, 0.2) is 0 Å². The molecule has 8 N–H and O–H groups in total. The van der Waals surface area contributed by atoms with E-state index in [-0.39, 0.29) is 129 Å². The minimum atomic E-state index is -2.43. The molecule has 0 aromatic rings. The van der Waals surface area contributed by atoms with Crippen LogP contribution >= 0.6 is 0 Å². The van der Waals surface area contributed by atoms with Gasteiger partial charge in [-0.1, -0.05) is 0 Å². The van der Waals surface area contributed by atoms with Crippen molar-refractivity contribution in [3.05, 3.63) is 0 Å². The summed E-state index contributed by atoms with van der Waals surface area (Å²) in [5.41, 5.74) is 6.20. The zero-order valence-electron chi connectivity index (χ0n) is 15.2. The zero-order valence-corrected chi connectivity index (χ0v) is 23.2. The Morgan fingerprint density at radius 2 is 0.654 bits per heavy atom. The molecule has 12 nitrogen and oxygen atoms in total. The van der Waals surface area contributed by atoms with Crippen LogP contribution in [0.2, 0.25) is 0 Å². The van der Waals surface area contributed by atoms with Gasteiger partial charge in [0.1, 0.15) is 0 Å². The van der Waals surface area contributed by atoms with E-state index in [9.17, 15) is 39.6 Å². The van der Waals surface area contributed by atoms with Gasteiger partial charge in [-0.25, -0.2) is 0 Å². The molecule has 0 saturated heterocycles. The maximum atomic E-state index is 10.6. The number of carboxylic acid groups (broad SMARTS) is 4. The van der Waals surface area contributed by atoms with Crippen molar-refractivity contribution in [2.24, 2.45) is 11.5 Å². The number of hydrogen-bond acceptors (Lipinski definition) is 10. The van der Waals surface area contributed by atoms with Gasteiger partial charge in [0.05, 0.1) is 0 Å². The van der Waals surface area contributed by atoms with E-state index in [2.05, 4.69) is 0 Å². The molecule has 0 atom stereocenters. The number of carbonyl (C=O) groups excluding carboxylic acids is 4. The Morgan fingerprint density at radius 1 is 0.538 bits per heavy atom. The smallest absolute Gasteiger partial charge is 0.550 e. The average molecular weight is 416 g/mol. The quantitative estimate of drug-likeness (QED) is 0.334. The van der Waals surface area contributed by atoms with Crippen LogP contribution in [0.25, 0.3) is 0 Å². The number of hydrogen-bond donors (Lipinski definition) is 2. The number of nitrogens with two attached hydrogens (primary N) is 2. The molecule has 0 unspecified atom stereocenters. The summed E-state index contributed by atoms with van der Waals surface area (Å²) in [7, 11) is 0. The normalized spacial score (nSPS) is 9.15. The molecule has 0 amide bonds. The van der Waals surface area contributed by atoms with Crippen LogP contribution in [-0.4, -0.2) is 45.9 Å². The molecule has 0 aliphatic heterocycles. The number of aliphatic carboxylic acids is 4. The van der Waals surface area contributed by atoms with E-state index < -0.39 is 60.6 Å². The van der Waals surface area contributed by atoms with Gasteiger partial charge in [0, 0.05) is 60.6 Å². The first-order valence-corrected chi connectivity index (χ1v) is 5.29. The molecule has 130 valence electrons. The molecular weight excluding hydrogens is 400 g/mol. The molecule has 0 saturated carbocycles. The fraction of sp³-hybridized carbons (Fsp3) is 0.600. The first kappa shape index (κ1) is 46.1. The average Bonchev–Trinajstić information content (AvgIpc) is 2.10. The van der Waals surface area contributed by atoms with Crippen molar-refractivity contribution in [1.29, 1.82) is 0 Å². The maximum absolute atomic E-state index is 10.6. The van der Waals surface area contributed by atoms with Gasteiger partial charge in [-0.2, -0.15) is 0 Å². The van der Waals surface area contributed by atoms with Gasteiger partial charge in [0.25, 0.3) is 0 Å².